The van der Waals surface area contributed by atoms with E-state index in [1.165, 1.54) is 12.1 Å². The van der Waals surface area contributed by atoms with Gasteiger partial charge in [-0.25, -0.2) is 14.2 Å². The van der Waals surface area contributed by atoms with Crippen LogP contribution in [0.25, 0.3) is 11.3 Å². The lowest BCUT2D eigenvalue weighted by Gasteiger charge is -2.28. The van der Waals surface area contributed by atoms with Crippen LogP contribution >= 0.6 is 23.4 Å². The molecule has 2 aromatic carbocycles. The molecule has 0 spiro atoms. The van der Waals surface area contributed by atoms with Crippen molar-refractivity contribution < 1.29 is 9.18 Å². The quantitative estimate of drug-likeness (QED) is 0.584. The fourth-order valence-corrected chi connectivity index (χ4v) is 4.25. The van der Waals surface area contributed by atoms with Gasteiger partial charge >= 0.3 is 6.03 Å². The number of rotatable bonds is 4. The standard InChI is InChI=1S/C21H19ClFN5OS/c22-16-5-2-6-17(18(16)23)27-21(29)26-15-4-1-3-14(13-15)19-20(25-8-7-24-19)28-9-11-30-12-10-28/h1-8,13H,9-12H2,(H2,26,27,29). The maximum Gasteiger partial charge on any atom is 0.323 e. The first-order valence-electron chi connectivity index (χ1n) is 9.38. The number of anilines is 3. The molecule has 2 N–H and O–H groups in total. The minimum Gasteiger partial charge on any atom is -0.353 e. The second-order valence-electron chi connectivity index (χ2n) is 6.59. The molecule has 0 unspecified atom stereocenters. The number of thioether (sulfide) groups is 1. The highest BCUT2D eigenvalue weighted by Gasteiger charge is 2.18. The van der Waals surface area contributed by atoms with Crippen LogP contribution in [0.15, 0.2) is 54.9 Å². The first-order valence-corrected chi connectivity index (χ1v) is 10.9. The van der Waals surface area contributed by atoms with Crippen molar-refractivity contribution >= 4 is 46.6 Å². The van der Waals surface area contributed by atoms with Crippen molar-refractivity contribution in [3.05, 3.63) is 65.7 Å². The molecule has 0 radical (unpaired) electrons. The Bertz CT molecular complexity index is 1060. The van der Waals surface area contributed by atoms with Crippen LogP contribution in [0.3, 0.4) is 0 Å². The minimum absolute atomic E-state index is 0.00957. The number of amides is 2. The maximum absolute atomic E-state index is 14.0. The highest BCUT2D eigenvalue weighted by Crippen LogP contribution is 2.30. The number of halogens is 2. The van der Waals surface area contributed by atoms with Crippen LogP contribution in [0.1, 0.15) is 0 Å². The average Bonchev–Trinajstić information content (AvgIpc) is 2.78. The summed E-state index contributed by atoms with van der Waals surface area (Å²) < 4.78 is 14.0. The zero-order valence-electron chi connectivity index (χ0n) is 15.9. The molecule has 2 heterocycles. The first kappa shape index (κ1) is 20.4. The molecular formula is C21H19ClFN5OS. The molecule has 4 rings (SSSR count). The Hall–Kier alpha value is -2.84. The molecule has 0 bridgehead atoms. The molecule has 0 aliphatic carbocycles. The molecule has 154 valence electrons. The first-order chi connectivity index (χ1) is 14.6. The number of aromatic nitrogens is 2. The van der Waals surface area contributed by atoms with Crippen LogP contribution in [0.2, 0.25) is 5.02 Å². The summed E-state index contributed by atoms with van der Waals surface area (Å²) in [5.74, 6) is 2.27. The molecule has 1 fully saturated rings. The summed E-state index contributed by atoms with van der Waals surface area (Å²) in [5.41, 5.74) is 2.16. The number of carbonyl (C=O) groups is 1. The van der Waals surface area contributed by atoms with Gasteiger partial charge in [0.05, 0.1) is 10.7 Å². The van der Waals surface area contributed by atoms with Crippen molar-refractivity contribution in [2.75, 3.05) is 40.1 Å². The molecule has 30 heavy (non-hydrogen) atoms. The van der Waals surface area contributed by atoms with Crippen molar-refractivity contribution in [3.63, 3.8) is 0 Å². The van der Waals surface area contributed by atoms with Crippen LogP contribution in [-0.4, -0.2) is 40.6 Å². The van der Waals surface area contributed by atoms with Gasteiger partial charge in [-0.2, -0.15) is 11.8 Å². The lowest BCUT2D eigenvalue weighted by atomic mass is 10.1. The van der Waals surface area contributed by atoms with Crippen LogP contribution in [-0.2, 0) is 0 Å². The number of benzene rings is 2. The van der Waals surface area contributed by atoms with Gasteiger partial charge in [0.25, 0.3) is 0 Å². The van der Waals surface area contributed by atoms with Gasteiger partial charge < -0.3 is 15.5 Å². The largest absolute Gasteiger partial charge is 0.353 e. The Morgan fingerprint density at radius 3 is 2.67 bits per heavy atom. The van der Waals surface area contributed by atoms with Crippen LogP contribution < -0.4 is 15.5 Å². The zero-order valence-corrected chi connectivity index (χ0v) is 17.5. The second-order valence-corrected chi connectivity index (χ2v) is 8.22. The van der Waals surface area contributed by atoms with Gasteiger partial charge in [0.1, 0.15) is 5.69 Å². The van der Waals surface area contributed by atoms with E-state index in [9.17, 15) is 9.18 Å². The average molecular weight is 444 g/mol. The van der Waals surface area contributed by atoms with E-state index in [0.29, 0.717) is 5.69 Å². The highest BCUT2D eigenvalue weighted by atomic mass is 35.5. The summed E-state index contributed by atoms with van der Waals surface area (Å²) in [5, 5.41) is 5.14. The molecule has 0 atom stereocenters. The number of hydrogen-bond acceptors (Lipinski definition) is 5. The Morgan fingerprint density at radius 2 is 1.83 bits per heavy atom. The molecule has 6 nitrogen and oxygen atoms in total. The van der Waals surface area contributed by atoms with E-state index in [2.05, 4.69) is 25.5 Å². The summed E-state index contributed by atoms with van der Waals surface area (Å²) in [4.78, 5) is 23.6. The number of carbonyl (C=O) groups excluding carboxylic acids is 1. The van der Waals surface area contributed by atoms with Gasteiger partial charge in [-0.1, -0.05) is 29.8 Å². The Balaban J connectivity index is 1.53. The SMILES string of the molecule is O=C(Nc1cccc(-c2nccnc2N2CCSCC2)c1)Nc1cccc(Cl)c1F. The molecule has 1 aromatic heterocycles. The van der Waals surface area contributed by atoms with Gasteiger partial charge in [0, 0.05) is 48.2 Å². The molecule has 0 saturated carbocycles. The summed E-state index contributed by atoms with van der Waals surface area (Å²) in [7, 11) is 0. The van der Waals surface area contributed by atoms with Gasteiger partial charge in [0.15, 0.2) is 11.6 Å². The third kappa shape index (κ3) is 4.66. The monoisotopic (exact) mass is 443 g/mol. The van der Waals surface area contributed by atoms with Crippen molar-refractivity contribution in [1.82, 2.24) is 9.97 Å². The van der Waals surface area contributed by atoms with Crippen LogP contribution in [0, 0.1) is 5.82 Å². The van der Waals surface area contributed by atoms with Gasteiger partial charge in [-0.3, -0.25) is 4.98 Å². The van der Waals surface area contributed by atoms with Gasteiger partial charge in [-0.05, 0) is 24.3 Å². The van der Waals surface area contributed by atoms with Crippen LogP contribution in [0.5, 0.6) is 0 Å². The fraction of sp³-hybridized carbons (Fsp3) is 0.190. The van der Waals surface area contributed by atoms with E-state index in [1.807, 2.05) is 30.0 Å². The number of nitrogens with one attached hydrogen (secondary N) is 2. The van der Waals surface area contributed by atoms with E-state index in [0.717, 1.165) is 41.7 Å². The van der Waals surface area contributed by atoms with Crippen molar-refractivity contribution in [1.29, 1.82) is 0 Å². The summed E-state index contributed by atoms with van der Waals surface area (Å²) in [6.45, 7) is 1.84. The van der Waals surface area contributed by atoms with Gasteiger partial charge in [-0.15, -0.1) is 0 Å². The molecule has 1 aliphatic rings. The van der Waals surface area contributed by atoms with Gasteiger partial charge in [0.2, 0.25) is 0 Å². The third-order valence-corrected chi connectivity index (χ3v) is 5.82. The predicted molar refractivity (Wildman–Crippen MR) is 121 cm³/mol. The van der Waals surface area contributed by atoms with Crippen molar-refractivity contribution in [2.24, 2.45) is 0 Å². The second kappa shape index (κ2) is 9.32. The van der Waals surface area contributed by atoms with Crippen molar-refractivity contribution in [3.8, 4) is 11.3 Å². The minimum atomic E-state index is -0.674. The van der Waals surface area contributed by atoms with Crippen molar-refractivity contribution in [2.45, 2.75) is 0 Å². The van der Waals surface area contributed by atoms with E-state index in [1.54, 1.807) is 24.5 Å². The molecule has 1 saturated heterocycles. The number of nitrogens with zero attached hydrogens (tertiary/aromatic N) is 3. The Kier molecular flexibility index (Phi) is 6.35. The molecule has 2 amide bonds. The lowest BCUT2D eigenvalue weighted by molar-refractivity contribution is 0.262. The Morgan fingerprint density at radius 1 is 1.07 bits per heavy atom. The van der Waals surface area contributed by atoms with E-state index in [-0.39, 0.29) is 10.7 Å². The summed E-state index contributed by atoms with van der Waals surface area (Å²) in [6.07, 6.45) is 3.35. The highest BCUT2D eigenvalue weighted by molar-refractivity contribution is 7.99. The lowest BCUT2D eigenvalue weighted by Crippen LogP contribution is -2.33. The molecule has 1 aliphatic heterocycles. The molecular weight excluding hydrogens is 425 g/mol. The smallest absolute Gasteiger partial charge is 0.323 e. The van der Waals surface area contributed by atoms with Crippen LogP contribution in [0.4, 0.5) is 26.4 Å². The number of hydrogen-bond donors (Lipinski definition) is 2. The summed E-state index contributed by atoms with van der Waals surface area (Å²) in [6, 6.07) is 11.2. The third-order valence-electron chi connectivity index (χ3n) is 4.58. The summed E-state index contributed by atoms with van der Waals surface area (Å²) >= 11 is 7.69. The topological polar surface area (TPSA) is 70.2 Å². The normalized spacial score (nSPS) is 13.7. The fourth-order valence-electron chi connectivity index (χ4n) is 3.17. The number of urea groups is 1. The van der Waals surface area contributed by atoms with E-state index in [4.69, 9.17) is 11.6 Å². The maximum atomic E-state index is 14.0. The zero-order chi connectivity index (χ0) is 20.9. The van der Waals surface area contributed by atoms with E-state index >= 15 is 0 Å². The molecule has 3 aromatic rings. The Labute approximate surface area is 182 Å². The van der Waals surface area contributed by atoms with E-state index < -0.39 is 11.8 Å². The molecule has 9 heteroatoms. The predicted octanol–water partition coefficient (Wildman–Crippen LogP) is 5.13.